The van der Waals surface area contributed by atoms with Gasteiger partial charge in [0.1, 0.15) is 5.01 Å². The fourth-order valence-corrected chi connectivity index (χ4v) is 3.29. The van der Waals surface area contributed by atoms with Crippen molar-refractivity contribution < 1.29 is 14.7 Å². The highest BCUT2D eigenvalue weighted by atomic mass is 32.1. The predicted molar refractivity (Wildman–Crippen MR) is 79.8 cm³/mol. The van der Waals surface area contributed by atoms with Crippen LogP contribution in [0.1, 0.15) is 22.6 Å². The zero-order chi connectivity index (χ0) is 15.5. The molecule has 0 unspecified atom stereocenters. The van der Waals surface area contributed by atoms with Gasteiger partial charge in [0, 0.05) is 37.0 Å². The Hall–Kier alpha value is -2.35. The molecule has 1 amide bonds. The summed E-state index contributed by atoms with van der Waals surface area (Å²) in [6.45, 7) is 0.778. The molecule has 8 heteroatoms. The van der Waals surface area contributed by atoms with Crippen LogP contribution in [0.25, 0.3) is 10.6 Å². The van der Waals surface area contributed by atoms with Gasteiger partial charge < -0.3 is 10.0 Å². The summed E-state index contributed by atoms with van der Waals surface area (Å²) >= 11 is 1.25. The number of amides is 1. The molecule has 3 rings (SSSR count). The maximum Gasteiger partial charge on any atom is 0.407 e. The van der Waals surface area contributed by atoms with E-state index in [9.17, 15) is 9.59 Å². The van der Waals surface area contributed by atoms with Crippen molar-refractivity contribution in [3.8, 4) is 10.6 Å². The molecule has 0 atom stereocenters. The molecule has 0 bridgehead atoms. The van der Waals surface area contributed by atoms with Crippen molar-refractivity contribution in [1.82, 2.24) is 20.1 Å². The number of pyridine rings is 1. The van der Waals surface area contributed by atoms with Crippen molar-refractivity contribution in [3.05, 3.63) is 29.5 Å². The molecule has 114 valence electrons. The van der Waals surface area contributed by atoms with E-state index in [0.717, 1.165) is 5.56 Å². The number of carbonyl (C=O) groups excluding carboxylic acids is 1. The first-order chi connectivity index (χ1) is 10.6. The molecule has 3 heterocycles. The number of hydrogen-bond donors (Lipinski definition) is 1. The summed E-state index contributed by atoms with van der Waals surface area (Å²) in [5.41, 5.74) is 0.833. The van der Waals surface area contributed by atoms with Crippen LogP contribution in [0.3, 0.4) is 0 Å². The van der Waals surface area contributed by atoms with Crippen molar-refractivity contribution in [2.45, 2.75) is 12.8 Å². The second-order valence-corrected chi connectivity index (χ2v) is 6.04. The molecule has 1 aliphatic heterocycles. The molecule has 0 spiro atoms. The third-order valence-electron chi connectivity index (χ3n) is 3.68. The van der Waals surface area contributed by atoms with Gasteiger partial charge in [-0.2, -0.15) is 0 Å². The smallest absolute Gasteiger partial charge is 0.407 e. The van der Waals surface area contributed by atoms with Gasteiger partial charge in [-0.05, 0) is 25.0 Å². The summed E-state index contributed by atoms with van der Waals surface area (Å²) in [5, 5.41) is 18.0. The number of likely N-dealkylation sites (tertiary alicyclic amines) is 1. The van der Waals surface area contributed by atoms with Crippen LogP contribution in [0.4, 0.5) is 4.79 Å². The molecule has 2 aromatic rings. The zero-order valence-corrected chi connectivity index (χ0v) is 12.5. The highest BCUT2D eigenvalue weighted by molar-refractivity contribution is 7.16. The lowest BCUT2D eigenvalue weighted by Crippen LogP contribution is -2.39. The van der Waals surface area contributed by atoms with Crippen LogP contribution in [-0.2, 0) is 0 Å². The molecular formula is C14H14N4O3S. The first-order valence-corrected chi connectivity index (χ1v) is 7.73. The Morgan fingerprint density at radius 3 is 2.68 bits per heavy atom. The minimum Gasteiger partial charge on any atom is -0.465 e. The van der Waals surface area contributed by atoms with Crippen LogP contribution in [-0.4, -0.2) is 50.2 Å². The second kappa shape index (κ2) is 6.18. The van der Waals surface area contributed by atoms with Gasteiger partial charge in [0.25, 0.3) is 0 Å². The maximum absolute atomic E-state index is 12.4. The van der Waals surface area contributed by atoms with E-state index in [1.807, 2.05) is 6.07 Å². The third kappa shape index (κ3) is 2.96. The van der Waals surface area contributed by atoms with Gasteiger partial charge >= 0.3 is 6.09 Å². The van der Waals surface area contributed by atoms with Crippen molar-refractivity contribution in [1.29, 1.82) is 0 Å². The first kappa shape index (κ1) is 14.6. The van der Waals surface area contributed by atoms with Gasteiger partial charge in [0.15, 0.2) is 10.8 Å². The van der Waals surface area contributed by atoms with Crippen LogP contribution in [0.2, 0.25) is 0 Å². The van der Waals surface area contributed by atoms with E-state index < -0.39 is 6.09 Å². The fraction of sp³-hybridized carbons (Fsp3) is 0.357. The number of hydrogen-bond acceptors (Lipinski definition) is 6. The molecule has 22 heavy (non-hydrogen) atoms. The SMILES string of the molecule is O=C(c1nnc(-c2cccnc2)s1)C1CCN(C(=O)O)CC1. The van der Waals surface area contributed by atoms with Crippen molar-refractivity contribution in [2.24, 2.45) is 5.92 Å². The fourth-order valence-electron chi connectivity index (χ4n) is 2.44. The zero-order valence-electron chi connectivity index (χ0n) is 11.7. The lowest BCUT2D eigenvalue weighted by Gasteiger charge is -2.28. The summed E-state index contributed by atoms with van der Waals surface area (Å²) < 4.78 is 0. The van der Waals surface area contributed by atoms with Gasteiger partial charge in [-0.1, -0.05) is 11.3 Å². The largest absolute Gasteiger partial charge is 0.465 e. The van der Waals surface area contributed by atoms with Gasteiger partial charge in [-0.3, -0.25) is 9.78 Å². The van der Waals surface area contributed by atoms with Crippen LogP contribution in [0.5, 0.6) is 0 Å². The lowest BCUT2D eigenvalue weighted by atomic mass is 9.93. The van der Waals surface area contributed by atoms with Crippen LogP contribution < -0.4 is 0 Å². The van der Waals surface area contributed by atoms with Crippen molar-refractivity contribution >= 4 is 23.2 Å². The molecule has 1 aliphatic rings. The summed E-state index contributed by atoms with van der Waals surface area (Å²) in [7, 11) is 0. The Morgan fingerprint density at radius 2 is 2.05 bits per heavy atom. The number of aromatic nitrogens is 3. The number of carbonyl (C=O) groups is 2. The minimum absolute atomic E-state index is 0.0438. The topological polar surface area (TPSA) is 96.3 Å². The van der Waals surface area contributed by atoms with Crippen LogP contribution >= 0.6 is 11.3 Å². The van der Waals surface area contributed by atoms with E-state index in [0.29, 0.717) is 35.9 Å². The molecule has 1 fully saturated rings. The van der Waals surface area contributed by atoms with E-state index in [1.54, 1.807) is 18.5 Å². The molecule has 1 N–H and O–H groups in total. The van der Waals surface area contributed by atoms with Crippen molar-refractivity contribution in [2.75, 3.05) is 13.1 Å². The average molecular weight is 318 g/mol. The maximum atomic E-state index is 12.4. The highest BCUT2D eigenvalue weighted by Crippen LogP contribution is 2.27. The Balaban J connectivity index is 1.69. The number of ketones is 1. The molecule has 0 saturated carbocycles. The molecular weight excluding hydrogens is 304 g/mol. The van der Waals surface area contributed by atoms with E-state index in [2.05, 4.69) is 15.2 Å². The number of nitrogens with zero attached hydrogens (tertiary/aromatic N) is 4. The average Bonchev–Trinajstić information content (AvgIpc) is 3.05. The van der Waals surface area contributed by atoms with E-state index in [-0.39, 0.29) is 11.7 Å². The molecule has 0 radical (unpaired) electrons. The Labute approximate surface area is 130 Å². The normalized spacial score (nSPS) is 15.7. The van der Waals surface area contributed by atoms with Crippen molar-refractivity contribution in [3.63, 3.8) is 0 Å². The minimum atomic E-state index is -0.930. The van der Waals surface area contributed by atoms with E-state index in [4.69, 9.17) is 5.11 Å². The summed E-state index contributed by atoms with van der Waals surface area (Å²) in [5.74, 6) is -0.219. The van der Waals surface area contributed by atoms with Crippen LogP contribution in [0, 0.1) is 5.92 Å². The first-order valence-electron chi connectivity index (χ1n) is 6.91. The summed E-state index contributed by atoms with van der Waals surface area (Å²) in [6.07, 6.45) is 3.49. The number of piperidine rings is 1. The lowest BCUT2D eigenvalue weighted by molar-refractivity contribution is 0.0820. The quantitative estimate of drug-likeness (QED) is 0.871. The van der Waals surface area contributed by atoms with Gasteiger partial charge in [0.2, 0.25) is 0 Å². The van der Waals surface area contributed by atoms with Crippen LogP contribution in [0.15, 0.2) is 24.5 Å². The van der Waals surface area contributed by atoms with E-state index in [1.165, 1.54) is 16.2 Å². The molecule has 1 saturated heterocycles. The Bertz CT molecular complexity index is 680. The highest BCUT2D eigenvalue weighted by Gasteiger charge is 2.29. The number of carboxylic acid groups (broad SMARTS) is 1. The van der Waals surface area contributed by atoms with Gasteiger partial charge in [-0.25, -0.2) is 4.79 Å². The second-order valence-electron chi connectivity index (χ2n) is 5.06. The summed E-state index contributed by atoms with van der Waals surface area (Å²) in [6, 6.07) is 3.67. The molecule has 7 nitrogen and oxygen atoms in total. The Kier molecular flexibility index (Phi) is 4.10. The standard InChI is InChI=1S/C14H14N4O3S/c19-11(9-3-6-18(7-4-9)14(20)21)13-17-16-12(22-13)10-2-1-5-15-8-10/h1-2,5,8-9H,3-4,6-7H2,(H,20,21). The summed E-state index contributed by atoms with van der Waals surface area (Å²) in [4.78, 5) is 28.7. The predicted octanol–water partition coefficient (Wildman–Crippen LogP) is 2.17. The third-order valence-corrected chi connectivity index (χ3v) is 4.67. The molecule has 2 aromatic heterocycles. The number of Topliss-reactive ketones (excluding diaryl/α,β-unsaturated/α-hetero) is 1. The van der Waals surface area contributed by atoms with Gasteiger partial charge in [0.05, 0.1) is 0 Å². The molecule has 0 aromatic carbocycles. The monoisotopic (exact) mass is 318 g/mol. The van der Waals surface area contributed by atoms with E-state index >= 15 is 0 Å². The van der Waals surface area contributed by atoms with Gasteiger partial charge in [-0.15, -0.1) is 10.2 Å². The molecule has 0 aliphatic carbocycles. The number of rotatable bonds is 3. The Morgan fingerprint density at radius 1 is 1.27 bits per heavy atom.